The summed E-state index contributed by atoms with van der Waals surface area (Å²) in [4.78, 5) is 13.6. The summed E-state index contributed by atoms with van der Waals surface area (Å²) < 4.78 is 18.9. The maximum Gasteiger partial charge on any atom is 0.305 e. The summed E-state index contributed by atoms with van der Waals surface area (Å²) in [7, 11) is 0. The van der Waals surface area contributed by atoms with E-state index in [1.165, 1.54) is 6.07 Å². The topological polar surface area (TPSA) is 29.5 Å². The number of nitrogens with zero attached hydrogens (tertiary/aromatic N) is 1. The van der Waals surface area contributed by atoms with Crippen molar-refractivity contribution >= 4 is 17.6 Å². The molecule has 2 rings (SSSR count). The van der Waals surface area contributed by atoms with Gasteiger partial charge in [-0.1, -0.05) is 17.7 Å². The molecule has 0 aliphatic carbocycles. The number of ether oxygens (including phenoxy) is 1. The Morgan fingerprint density at radius 2 is 2.14 bits per heavy atom. The van der Waals surface area contributed by atoms with E-state index >= 15 is 0 Å². The van der Waals surface area contributed by atoms with Crippen molar-refractivity contribution in [2.75, 3.05) is 26.2 Å². The van der Waals surface area contributed by atoms with Crippen molar-refractivity contribution < 1.29 is 13.9 Å². The molecule has 1 heterocycles. The van der Waals surface area contributed by atoms with Gasteiger partial charge in [0.2, 0.25) is 0 Å². The monoisotopic (exact) mass is 327 g/mol. The molecule has 1 aliphatic rings. The molecule has 0 radical (unpaired) electrons. The van der Waals surface area contributed by atoms with Gasteiger partial charge in [0, 0.05) is 11.4 Å². The largest absolute Gasteiger partial charge is 0.466 e. The molecule has 1 aromatic carbocycles. The van der Waals surface area contributed by atoms with Crippen molar-refractivity contribution in [3.8, 4) is 0 Å². The Hall–Kier alpha value is -1.13. The van der Waals surface area contributed by atoms with Gasteiger partial charge in [-0.3, -0.25) is 4.79 Å². The van der Waals surface area contributed by atoms with Gasteiger partial charge in [-0.05, 0) is 69.4 Å². The fourth-order valence-electron chi connectivity index (χ4n) is 2.98. The van der Waals surface area contributed by atoms with Gasteiger partial charge < -0.3 is 9.64 Å². The Bertz CT molecular complexity index is 501. The first-order chi connectivity index (χ1) is 10.6. The molecular weight excluding hydrogens is 305 g/mol. The highest BCUT2D eigenvalue weighted by atomic mass is 35.5. The van der Waals surface area contributed by atoms with Crippen molar-refractivity contribution in [3.05, 3.63) is 34.6 Å². The van der Waals surface area contributed by atoms with Crippen LogP contribution in [0.3, 0.4) is 0 Å². The Morgan fingerprint density at radius 3 is 2.77 bits per heavy atom. The van der Waals surface area contributed by atoms with Crippen LogP contribution in [0.2, 0.25) is 5.02 Å². The van der Waals surface area contributed by atoms with Gasteiger partial charge >= 0.3 is 5.97 Å². The summed E-state index contributed by atoms with van der Waals surface area (Å²) in [5.74, 6) is -0.0625. The van der Waals surface area contributed by atoms with Crippen LogP contribution in [0.4, 0.5) is 4.39 Å². The lowest BCUT2D eigenvalue weighted by atomic mass is 9.89. The normalized spacial score (nSPS) is 16.7. The summed E-state index contributed by atoms with van der Waals surface area (Å²) in [6, 6.07) is 4.95. The Kier molecular flexibility index (Phi) is 6.65. The molecule has 1 saturated heterocycles. The zero-order chi connectivity index (χ0) is 15.9. The third-order valence-electron chi connectivity index (χ3n) is 4.15. The average Bonchev–Trinajstić information content (AvgIpc) is 2.48. The van der Waals surface area contributed by atoms with Crippen LogP contribution in [0.15, 0.2) is 18.2 Å². The molecule has 0 spiro atoms. The molecule has 3 nitrogen and oxygen atoms in total. The quantitative estimate of drug-likeness (QED) is 0.740. The molecule has 22 heavy (non-hydrogen) atoms. The van der Waals surface area contributed by atoms with Gasteiger partial charge in [0.25, 0.3) is 0 Å². The van der Waals surface area contributed by atoms with Crippen LogP contribution in [0, 0.1) is 5.82 Å². The van der Waals surface area contributed by atoms with Crippen molar-refractivity contribution in [2.24, 2.45) is 0 Å². The average molecular weight is 328 g/mol. The number of carbonyl (C=O) groups is 1. The number of hydrogen-bond acceptors (Lipinski definition) is 3. The lowest BCUT2D eigenvalue weighted by Crippen LogP contribution is -2.34. The first-order valence-electron chi connectivity index (χ1n) is 7.93. The second kappa shape index (κ2) is 8.49. The minimum atomic E-state index is -0.201. The van der Waals surface area contributed by atoms with Crippen molar-refractivity contribution in [1.82, 2.24) is 4.90 Å². The molecule has 1 aliphatic heterocycles. The zero-order valence-corrected chi connectivity index (χ0v) is 13.7. The third-order valence-corrected chi connectivity index (χ3v) is 4.39. The van der Waals surface area contributed by atoms with Crippen LogP contribution in [0.25, 0.3) is 0 Å². The van der Waals surface area contributed by atoms with Crippen LogP contribution in [0.5, 0.6) is 0 Å². The standard InChI is InChI=1S/C17H23ClFNO2/c1-2-22-17(21)4-3-9-20-10-7-13(8-11-20)15-6-5-14(18)12-16(15)19/h5-6,12-13H,2-4,7-11H2,1H3. The van der Waals surface area contributed by atoms with E-state index in [0.29, 0.717) is 18.1 Å². The predicted molar refractivity (Wildman–Crippen MR) is 85.7 cm³/mol. The molecule has 0 unspecified atom stereocenters. The highest BCUT2D eigenvalue weighted by molar-refractivity contribution is 6.30. The first kappa shape index (κ1) is 17.2. The molecule has 0 aromatic heterocycles. The smallest absolute Gasteiger partial charge is 0.305 e. The fraction of sp³-hybridized carbons (Fsp3) is 0.588. The van der Waals surface area contributed by atoms with Crippen molar-refractivity contribution in [2.45, 2.75) is 38.5 Å². The second-order valence-electron chi connectivity index (χ2n) is 5.69. The number of esters is 1. The summed E-state index contributed by atoms with van der Waals surface area (Å²) in [6.07, 6.45) is 3.17. The maximum absolute atomic E-state index is 13.9. The molecule has 1 fully saturated rings. The number of halogens is 2. The highest BCUT2D eigenvalue weighted by Gasteiger charge is 2.22. The molecule has 5 heteroatoms. The van der Waals surface area contributed by atoms with Crippen LogP contribution in [-0.2, 0) is 9.53 Å². The maximum atomic E-state index is 13.9. The molecule has 122 valence electrons. The van der Waals surface area contributed by atoms with Gasteiger partial charge in [-0.2, -0.15) is 0 Å². The van der Waals surface area contributed by atoms with Crippen LogP contribution < -0.4 is 0 Å². The lowest BCUT2D eigenvalue weighted by Gasteiger charge is -2.32. The Morgan fingerprint density at radius 1 is 1.41 bits per heavy atom. The van der Waals surface area contributed by atoms with E-state index in [1.54, 1.807) is 12.1 Å². The SMILES string of the molecule is CCOC(=O)CCCN1CCC(c2ccc(Cl)cc2F)CC1. The number of likely N-dealkylation sites (tertiary alicyclic amines) is 1. The molecule has 0 atom stereocenters. The lowest BCUT2D eigenvalue weighted by molar-refractivity contribution is -0.143. The number of hydrogen-bond donors (Lipinski definition) is 0. The van der Waals surface area contributed by atoms with Gasteiger partial charge in [0.1, 0.15) is 5.82 Å². The first-order valence-corrected chi connectivity index (χ1v) is 8.31. The molecule has 0 saturated carbocycles. The van der Waals surface area contributed by atoms with E-state index in [0.717, 1.165) is 44.5 Å². The third kappa shape index (κ3) is 4.96. The van der Waals surface area contributed by atoms with E-state index in [-0.39, 0.29) is 17.7 Å². The van der Waals surface area contributed by atoms with Crippen LogP contribution >= 0.6 is 11.6 Å². The highest BCUT2D eigenvalue weighted by Crippen LogP contribution is 2.31. The number of carbonyl (C=O) groups excluding carboxylic acids is 1. The van der Waals surface area contributed by atoms with Gasteiger partial charge in [-0.25, -0.2) is 4.39 Å². The van der Waals surface area contributed by atoms with Gasteiger partial charge in [0.15, 0.2) is 0 Å². The number of piperidine rings is 1. The van der Waals surface area contributed by atoms with E-state index in [2.05, 4.69) is 4.90 Å². The molecule has 0 N–H and O–H groups in total. The van der Waals surface area contributed by atoms with Gasteiger partial charge in [0.05, 0.1) is 6.61 Å². The number of rotatable bonds is 6. The Labute approximate surface area is 136 Å². The van der Waals surface area contributed by atoms with Crippen molar-refractivity contribution in [3.63, 3.8) is 0 Å². The van der Waals surface area contributed by atoms with E-state index in [4.69, 9.17) is 16.3 Å². The van der Waals surface area contributed by atoms with Gasteiger partial charge in [-0.15, -0.1) is 0 Å². The van der Waals surface area contributed by atoms with E-state index in [1.807, 2.05) is 6.92 Å². The Balaban J connectivity index is 1.75. The fourth-order valence-corrected chi connectivity index (χ4v) is 3.14. The van der Waals surface area contributed by atoms with Crippen LogP contribution in [-0.4, -0.2) is 37.1 Å². The van der Waals surface area contributed by atoms with E-state index in [9.17, 15) is 9.18 Å². The summed E-state index contributed by atoms with van der Waals surface area (Å²) in [5.41, 5.74) is 0.774. The number of benzene rings is 1. The molecule has 0 amide bonds. The van der Waals surface area contributed by atoms with Crippen molar-refractivity contribution in [1.29, 1.82) is 0 Å². The van der Waals surface area contributed by atoms with Crippen LogP contribution in [0.1, 0.15) is 44.1 Å². The zero-order valence-electron chi connectivity index (χ0n) is 13.0. The minimum absolute atomic E-state index is 0.124. The predicted octanol–water partition coefficient (Wildman–Crippen LogP) is 4.00. The molecule has 1 aromatic rings. The summed E-state index contributed by atoms with van der Waals surface area (Å²) in [5, 5.41) is 0.442. The van der Waals surface area contributed by atoms with E-state index < -0.39 is 0 Å². The summed E-state index contributed by atoms with van der Waals surface area (Å²) >= 11 is 5.80. The minimum Gasteiger partial charge on any atom is -0.466 e. The molecule has 0 bridgehead atoms. The molecular formula is C17H23ClFNO2. The second-order valence-corrected chi connectivity index (χ2v) is 6.13. The summed E-state index contributed by atoms with van der Waals surface area (Å²) in [6.45, 7) is 5.04.